The Morgan fingerprint density at radius 1 is 0.943 bits per heavy atom. The number of halogens is 6. The van der Waals surface area contributed by atoms with E-state index < -0.39 is 36.5 Å². The van der Waals surface area contributed by atoms with Crippen molar-refractivity contribution in [2.45, 2.75) is 96.7 Å². The van der Waals surface area contributed by atoms with Crippen LogP contribution in [0.3, 0.4) is 0 Å². The smallest absolute Gasteiger partial charge is 0.456 e. The van der Waals surface area contributed by atoms with Crippen LogP contribution in [0.15, 0.2) is 11.6 Å². The molecule has 35 heavy (non-hydrogen) atoms. The lowest BCUT2D eigenvalue weighted by Crippen LogP contribution is -2.51. The van der Waals surface area contributed by atoms with Gasteiger partial charge >= 0.3 is 24.3 Å². The fourth-order valence-corrected chi connectivity index (χ4v) is 8.08. The minimum Gasteiger partial charge on any atom is -0.456 e. The zero-order valence-electron chi connectivity index (χ0n) is 20.1. The topological polar surface area (TPSA) is 52.6 Å². The third-order valence-electron chi connectivity index (χ3n) is 9.73. The predicted molar refractivity (Wildman–Crippen MR) is 113 cm³/mol. The summed E-state index contributed by atoms with van der Waals surface area (Å²) in [4.78, 5) is 22.7. The average molecular weight is 511 g/mol. The zero-order valence-corrected chi connectivity index (χ0v) is 20.1. The van der Waals surface area contributed by atoms with Crippen molar-refractivity contribution in [2.24, 2.45) is 34.5 Å². The molecule has 0 heterocycles. The highest BCUT2D eigenvalue weighted by molar-refractivity contribution is 5.76. The van der Waals surface area contributed by atoms with E-state index in [-0.39, 0.29) is 22.7 Å². The van der Waals surface area contributed by atoms with Gasteiger partial charge in [0.25, 0.3) is 0 Å². The van der Waals surface area contributed by atoms with Crippen molar-refractivity contribution in [1.29, 1.82) is 0 Å². The fraction of sp³-hybridized carbons (Fsp3) is 0.840. The van der Waals surface area contributed by atoms with Gasteiger partial charge in [0, 0.05) is 12.3 Å². The van der Waals surface area contributed by atoms with Gasteiger partial charge in [-0.1, -0.05) is 25.5 Å². The molecule has 3 saturated carbocycles. The van der Waals surface area contributed by atoms with E-state index >= 15 is 0 Å². The highest BCUT2D eigenvalue weighted by atomic mass is 19.4. The van der Waals surface area contributed by atoms with Gasteiger partial charge in [-0.2, -0.15) is 26.3 Å². The Balaban J connectivity index is 1.48. The second-order valence-electron chi connectivity index (χ2n) is 11.4. The number of carbonyl (C=O) groups excluding carboxylic acids is 2. The summed E-state index contributed by atoms with van der Waals surface area (Å²) in [6.07, 6.45) is -4.30. The van der Waals surface area contributed by atoms with Crippen molar-refractivity contribution in [1.82, 2.24) is 0 Å². The molecule has 4 nitrogen and oxygen atoms in total. The van der Waals surface area contributed by atoms with E-state index in [0.717, 1.165) is 31.3 Å². The van der Waals surface area contributed by atoms with Crippen LogP contribution in [0.1, 0.15) is 72.1 Å². The minimum atomic E-state index is -5.02. The minimum absolute atomic E-state index is 0.157. The zero-order chi connectivity index (χ0) is 26.0. The Hall–Kier alpha value is -1.74. The lowest BCUT2D eigenvalue weighted by Gasteiger charge is -2.58. The summed E-state index contributed by atoms with van der Waals surface area (Å²) >= 11 is 0. The molecule has 0 N–H and O–H groups in total. The third kappa shape index (κ3) is 4.59. The number of rotatable bonds is 3. The van der Waals surface area contributed by atoms with Crippen molar-refractivity contribution in [2.75, 3.05) is 0 Å². The van der Waals surface area contributed by atoms with E-state index in [0.29, 0.717) is 37.5 Å². The van der Waals surface area contributed by atoms with Gasteiger partial charge in [-0.25, -0.2) is 9.59 Å². The molecule has 4 aliphatic rings. The molecule has 0 radical (unpaired) electrons. The maximum Gasteiger partial charge on any atom is 0.490 e. The first-order chi connectivity index (χ1) is 16.1. The number of ether oxygens (including phenoxy) is 2. The van der Waals surface area contributed by atoms with Crippen LogP contribution in [0.2, 0.25) is 0 Å². The van der Waals surface area contributed by atoms with Crippen LogP contribution >= 0.6 is 0 Å². The van der Waals surface area contributed by atoms with Crippen molar-refractivity contribution in [3.63, 3.8) is 0 Å². The third-order valence-corrected chi connectivity index (χ3v) is 9.73. The number of allylic oxidation sites excluding steroid dienone is 1. The van der Waals surface area contributed by atoms with Gasteiger partial charge in [0.15, 0.2) is 0 Å². The van der Waals surface area contributed by atoms with Crippen LogP contribution in [0.4, 0.5) is 26.3 Å². The van der Waals surface area contributed by atoms with Gasteiger partial charge in [0.05, 0.1) is 0 Å². The van der Waals surface area contributed by atoms with Crippen LogP contribution in [0.5, 0.6) is 0 Å². The number of carbonyl (C=O) groups is 2. The second kappa shape index (κ2) is 8.68. The number of esters is 2. The lowest BCUT2D eigenvalue weighted by atomic mass is 9.47. The summed E-state index contributed by atoms with van der Waals surface area (Å²) < 4.78 is 85.7. The standard InChI is InChI=1S/C25H32F6O4/c1-13(34-20(32)24(26,27)28)17-6-7-18-16-5-4-14-12-15(35-21(33)25(29,30)31)8-10-22(14,2)19(16)9-11-23(17,18)3/h4,13,15-19H,5-12H2,1-3H3/t13-,15+,16?,17-,18?,19?,22+,23-/m1/s1. The number of hydrogen-bond acceptors (Lipinski definition) is 4. The largest absolute Gasteiger partial charge is 0.490 e. The van der Waals surface area contributed by atoms with Crippen molar-refractivity contribution in [3.8, 4) is 0 Å². The van der Waals surface area contributed by atoms with E-state index in [1.165, 1.54) is 0 Å². The van der Waals surface area contributed by atoms with Gasteiger partial charge in [0.2, 0.25) is 0 Å². The highest BCUT2D eigenvalue weighted by Crippen LogP contribution is 2.66. The SMILES string of the molecule is C[C@@H](OC(=O)C(F)(F)F)[C@H]1CCC2C3CC=C4C[C@@H](OC(=O)C(F)(F)F)CC[C@]4(C)C3CC[C@@]21C. The molecule has 3 fully saturated rings. The number of alkyl halides is 6. The second-order valence-corrected chi connectivity index (χ2v) is 11.4. The summed E-state index contributed by atoms with van der Waals surface area (Å²) in [7, 11) is 0. The predicted octanol–water partition coefficient (Wildman–Crippen LogP) is 6.53. The molecule has 0 bridgehead atoms. The summed E-state index contributed by atoms with van der Waals surface area (Å²) in [6, 6.07) is 0. The Morgan fingerprint density at radius 3 is 2.23 bits per heavy atom. The first-order valence-corrected chi connectivity index (χ1v) is 12.3. The average Bonchev–Trinajstić information content (AvgIpc) is 3.10. The number of hydrogen-bond donors (Lipinski definition) is 0. The first kappa shape index (κ1) is 26.3. The van der Waals surface area contributed by atoms with Crippen LogP contribution in [-0.2, 0) is 19.1 Å². The quantitative estimate of drug-likeness (QED) is 0.246. The van der Waals surface area contributed by atoms with E-state index in [1.807, 2.05) is 0 Å². The Morgan fingerprint density at radius 2 is 1.60 bits per heavy atom. The maximum absolute atomic E-state index is 12.7. The monoisotopic (exact) mass is 510 g/mol. The molecular formula is C25H32F6O4. The molecular weight excluding hydrogens is 478 g/mol. The summed E-state index contributed by atoms with van der Waals surface area (Å²) in [6.45, 7) is 5.82. The first-order valence-electron chi connectivity index (χ1n) is 12.3. The number of fused-ring (bicyclic) bond motifs is 5. The molecule has 8 atom stereocenters. The summed E-state index contributed by atoms with van der Waals surface area (Å²) in [5.74, 6) is -3.55. The molecule has 4 aliphatic carbocycles. The maximum atomic E-state index is 12.7. The molecule has 0 aromatic heterocycles. The van der Waals surface area contributed by atoms with Gasteiger partial charge in [0.1, 0.15) is 12.2 Å². The molecule has 10 heteroatoms. The van der Waals surface area contributed by atoms with Crippen molar-refractivity contribution in [3.05, 3.63) is 11.6 Å². The molecule has 198 valence electrons. The van der Waals surface area contributed by atoms with Gasteiger partial charge < -0.3 is 9.47 Å². The van der Waals surface area contributed by atoms with Crippen LogP contribution < -0.4 is 0 Å². The molecule has 0 spiro atoms. The molecule has 3 unspecified atom stereocenters. The fourth-order valence-electron chi connectivity index (χ4n) is 8.08. The van der Waals surface area contributed by atoms with Crippen LogP contribution in [-0.4, -0.2) is 36.5 Å². The van der Waals surface area contributed by atoms with Gasteiger partial charge in [-0.15, -0.1) is 0 Å². The van der Waals surface area contributed by atoms with Crippen molar-refractivity contribution < 1.29 is 45.4 Å². The van der Waals surface area contributed by atoms with E-state index in [2.05, 4.69) is 19.9 Å². The normalized spacial score (nSPS) is 40.0. The Kier molecular flexibility index (Phi) is 6.53. The highest BCUT2D eigenvalue weighted by Gasteiger charge is 2.60. The van der Waals surface area contributed by atoms with Crippen molar-refractivity contribution >= 4 is 11.9 Å². The molecule has 0 aromatic rings. The van der Waals surface area contributed by atoms with Crippen LogP contribution in [0, 0.1) is 34.5 Å². The van der Waals surface area contributed by atoms with Gasteiger partial charge in [-0.05, 0) is 80.5 Å². The molecule has 4 rings (SSSR count). The van der Waals surface area contributed by atoms with E-state index in [9.17, 15) is 35.9 Å². The van der Waals surface area contributed by atoms with Gasteiger partial charge in [-0.3, -0.25) is 0 Å². The van der Waals surface area contributed by atoms with E-state index in [1.54, 1.807) is 6.92 Å². The Labute approximate surface area is 200 Å². The lowest BCUT2D eigenvalue weighted by molar-refractivity contribution is -0.209. The molecule has 0 aromatic carbocycles. The molecule has 0 saturated heterocycles. The van der Waals surface area contributed by atoms with E-state index in [4.69, 9.17) is 9.47 Å². The van der Waals surface area contributed by atoms with Crippen LogP contribution in [0.25, 0.3) is 0 Å². The Bertz CT molecular complexity index is 895. The molecule has 0 amide bonds. The molecule has 0 aliphatic heterocycles. The summed E-state index contributed by atoms with van der Waals surface area (Å²) in [5.41, 5.74) is 0.612. The summed E-state index contributed by atoms with van der Waals surface area (Å²) in [5, 5.41) is 0.